The molecule has 1 fully saturated rings. The standard InChI is InChI=1S/C14H23N3/c1-4-12-10-16-14(3,5-2)11-17(12)13-7-6-8-15-9-13/h6-9,12,16H,4-5,10-11H2,1-3H3. The van der Waals surface area contributed by atoms with Gasteiger partial charge in [-0.25, -0.2) is 0 Å². The maximum Gasteiger partial charge on any atom is 0.0556 e. The van der Waals surface area contributed by atoms with Crippen LogP contribution in [0.15, 0.2) is 24.5 Å². The molecule has 1 saturated heterocycles. The van der Waals surface area contributed by atoms with E-state index in [0.717, 1.165) is 19.5 Å². The van der Waals surface area contributed by atoms with E-state index < -0.39 is 0 Å². The van der Waals surface area contributed by atoms with Gasteiger partial charge in [-0.3, -0.25) is 4.98 Å². The smallest absolute Gasteiger partial charge is 0.0556 e. The van der Waals surface area contributed by atoms with Crippen molar-refractivity contribution in [1.29, 1.82) is 0 Å². The normalized spacial score (nSPS) is 29.4. The first-order valence-corrected chi connectivity index (χ1v) is 6.60. The van der Waals surface area contributed by atoms with E-state index in [4.69, 9.17) is 0 Å². The van der Waals surface area contributed by atoms with Crippen molar-refractivity contribution in [2.24, 2.45) is 0 Å². The lowest BCUT2D eigenvalue weighted by Gasteiger charge is -2.47. The Labute approximate surface area is 104 Å². The van der Waals surface area contributed by atoms with Crippen LogP contribution in [0.2, 0.25) is 0 Å². The molecule has 1 aliphatic rings. The zero-order valence-electron chi connectivity index (χ0n) is 11.1. The van der Waals surface area contributed by atoms with Crippen molar-refractivity contribution < 1.29 is 0 Å². The topological polar surface area (TPSA) is 28.2 Å². The van der Waals surface area contributed by atoms with Crippen LogP contribution in [0.25, 0.3) is 0 Å². The third kappa shape index (κ3) is 2.60. The number of nitrogens with one attached hydrogen (secondary N) is 1. The molecule has 1 aromatic heterocycles. The van der Waals surface area contributed by atoms with Gasteiger partial charge in [0.05, 0.1) is 11.9 Å². The summed E-state index contributed by atoms with van der Waals surface area (Å²) in [4.78, 5) is 6.75. The Morgan fingerprint density at radius 3 is 2.94 bits per heavy atom. The number of hydrogen-bond donors (Lipinski definition) is 1. The minimum atomic E-state index is 0.224. The van der Waals surface area contributed by atoms with Gasteiger partial charge in [0.2, 0.25) is 0 Å². The highest BCUT2D eigenvalue weighted by Crippen LogP contribution is 2.25. The molecule has 2 rings (SSSR count). The van der Waals surface area contributed by atoms with Gasteiger partial charge >= 0.3 is 0 Å². The highest BCUT2D eigenvalue weighted by Gasteiger charge is 2.33. The molecule has 2 unspecified atom stereocenters. The quantitative estimate of drug-likeness (QED) is 0.869. The van der Waals surface area contributed by atoms with Gasteiger partial charge in [-0.1, -0.05) is 13.8 Å². The largest absolute Gasteiger partial charge is 0.364 e. The Bertz CT molecular complexity index is 352. The number of piperazine rings is 1. The average molecular weight is 233 g/mol. The van der Waals surface area contributed by atoms with Gasteiger partial charge in [-0.15, -0.1) is 0 Å². The Morgan fingerprint density at radius 2 is 2.35 bits per heavy atom. The fourth-order valence-electron chi connectivity index (χ4n) is 2.46. The number of anilines is 1. The van der Waals surface area contributed by atoms with Crippen LogP contribution in [0.4, 0.5) is 5.69 Å². The van der Waals surface area contributed by atoms with Crippen LogP contribution in [0.5, 0.6) is 0 Å². The predicted molar refractivity (Wildman–Crippen MR) is 72.4 cm³/mol. The summed E-state index contributed by atoms with van der Waals surface area (Å²) in [6.07, 6.45) is 6.14. The number of nitrogens with zero attached hydrogens (tertiary/aromatic N) is 2. The molecule has 0 radical (unpaired) electrons. The van der Waals surface area contributed by atoms with Crippen LogP contribution in [0.1, 0.15) is 33.6 Å². The minimum Gasteiger partial charge on any atom is -0.364 e. The zero-order valence-corrected chi connectivity index (χ0v) is 11.1. The Morgan fingerprint density at radius 1 is 1.53 bits per heavy atom. The first-order chi connectivity index (χ1) is 8.18. The summed E-state index contributed by atoms with van der Waals surface area (Å²) < 4.78 is 0. The molecule has 0 saturated carbocycles. The van der Waals surface area contributed by atoms with E-state index in [1.165, 1.54) is 12.1 Å². The van der Waals surface area contributed by atoms with Crippen LogP contribution in [0.3, 0.4) is 0 Å². The van der Waals surface area contributed by atoms with Gasteiger partial charge in [0.25, 0.3) is 0 Å². The van der Waals surface area contributed by atoms with E-state index in [9.17, 15) is 0 Å². The van der Waals surface area contributed by atoms with E-state index in [-0.39, 0.29) is 5.54 Å². The summed E-state index contributed by atoms with van der Waals surface area (Å²) in [6, 6.07) is 4.77. The fourth-order valence-corrected chi connectivity index (χ4v) is 2.46. The van der Waals surface area contributed by atoms with Crippen LogP contribution in [-0.2, 0) is 0 Å². The fraction of sp³-hybridized carbons (Fsp3) is 0.643. The first-order valence-electron chi connectivity index (χ1n) is 6.60. The summed E-state index contributed by atoms with van der Waals surface area (Å²) in [6.45, 7) is 8.94. The van der Waals surface area contributed by atoms with Crippen LogP contribution in [-0.4, -0.2) is 29.7 Å². The van der Waals surface area contributed by atoms with Crippen LogP contribution in [0, 0.1) is 0 Å². The summed E-state index contributed by atoms with van der Waals surface area (Å²) in [5.74, 6) is 0. The second-order valence-corrected chi connectivity index (χ2v) is 5.20. The van der Waals surface area contributed by atoms with Crippen molar-refractivity contribution in [1.82, 2.24) is 10.3 Å². The van der Waals surface area contributed by atoms with Gasteiger partial charge in [0.15, 0.2) is 0 Å². The lowest BCUT2D eigenvalue weighted by atomic mass is 9.92. The van der Waals surface area contributed by atoms with E-state index in [1.54, 1.807) is 0 Å². The molecular formula is C14H23N3. The Kier molecular flexibility index (Phi) is 3.67. The maximum atomic E-state index is 4.24. The van der Waals surface area contributed by atoms with E-state index in [2.05, 4.69) is 42.0 Å². The molecule has 17 heavy (non-hydrogen) atoms. The lowest BCUT2D eigenvalue weighted by Crippen LogP contribution is -2.62. The van der Waals surface area contributed by atoms with Gasteiger partial charge in [0.1, 0.15) is 0 Å². The molecule has 0 amide bonds. The molecule has 94 valence electrons. The summed E-state index contributed by atoms with van der Waals surface area (Å²) in [7, 11) is 0. The van der Waals surface area contributed by atoms with E-state index >= 15 is 0 Å². The molecule has 1 aromatic rings. The average Bonchev–Trinajstić information content (AvgIpc) is 2.40. The molecule has 1 N–H and O–H groups in total. The number of pyridine rings is 1. The molecule has 0 bridgehead atoms. The molecule has 0 spiro atoms. The highest BCUT2D eigenvalue weighted by atomic mass is 15.3. The molecule has 0 aliphatic carbocycles. The van der Waals surface area contributed by atoms with Gasteiger partial charge in [-0.05, 0) is 31.9 Å². The molecule has 0 aromatic carbocycles. The van der Waals surface area contributed by atoms with Crippen molar-refractivity contribution in [3.05, 3.63) is 24.5 Å². The number of aromatic nitrogens is 1. The van der Waals surface area contributed by atoms with Crippen molar-refractivity contribution in [2.45, 2.75) is 45.2 Å². The number of hydrogen-bond acceptors (Lipinski definition) is 3. The van der Waals surface area contributed by atoms with Crippen LogP contribution >= 0.6 is 0 Å². The maximum absolute atomic E-state index is 4.24. The third-order valence-corrected chi connectivity index (χ3v) is 3.95. The molecule has 2 heterocycles. The van der Waals surface area contributed by atoms with Crippen molar-refractivity contribution in [2.75, 3.05) is 18.0 Å². The van der Waals surface area contributed by atoms with Crippen molar-refractivity contribution in [3.63, 3.8) is 0 Å². The van der Waals surface area contributed by atoms with Crippen LogP contribution < -0.4 is 10.2 Å². The second kappa shape index (κ2) is 5.05. The van der Waals surface area contributed by atoms with Gasteiger partial charge < -0.3 is 10.2 Å². The molecular weight excluding hydrogens is 210 g/mol. The Balaban J connectivity index is 2.22. The van der Waals surface area contributed by atoms with Crippen molar-refractivity contribution in [3.8, 4) is 0 Å². The second-order valence-electron chi connectivity index (χ2n) is 5.20. The predicted octanol–water partition coefficient (Wildman–Crippen LogP) is 2.44. The summed E-state index contributed by atoms with van der Waals surface area (Å²) in [5, 5.41) is 3.68. The van der Waals surface area contributed by atoms with Gasteiger partial charge in [0, 0.05) is 30.9 Å². The zero-order chi connectivity index (χ0) is 12.3. The lowest BCUT2D eigenvalue weighted by molar-refractivity contribution is 0.276. The SMILES string of the molecule is CCC1CNC(C)(CC)CN1c1cccnc1. The van der Waals surface area contributed by atoms with Crippen molar-refractivity contribution >= 4 is 5.69 Å². The Hall–Kier alpha value is -1.09. The minimum absolute atomic E-state index is 0.224. The summed E-state index contributed by atoms with van der Waals surface area (Å²) >= 11 is 0. The molecule has 3 heteroatoms. The van der Waals surface area contributed by atoms with E-state index in [1.807, 2.05) is 18.5 Å². The third-order valence-electron chi connectivity index (χ3n) is 3.95. The molecule has 3 nitrogen and oxygen atoms in total. The van der Waals surface area contributed by atoms with Gasteiger partial charge in [-0.2, -0.15) is 0 Å². The molecule has 1 aliphatic heterocycles. The monoisotopic (exact) mass is 233 g/mol. The summed E-state index contributed by atoms with van der Waals surface area (Å²) in [5.41, 5.74) is 1.47. The first kappa shape index (κ1) is 12.4. The molecule has 2 atom stereocenters. The number of rotatable bonds is 3. The highest BCUT2D eigenvalue weighted by molar-refractivity contribution is 5.46. The van der Waals surface area contributed by atoms with E-state index in [0.29, 0.717) is 6.04 Å².